The number of anilines is 1. The first-order valence-corrected chi connectivity index (χ1v) is 14.9. The van der Waals surface area contributed by atoms with Crippen LogP contribution < -0.4 is 16.1 Å². The first-order chi connectivity index (χ1) is 20.4. The summed E-state index contributed by atoms with van der Waals surface area (Å²) in [7, 11) is 0. The molecule has 222 valence electrons. The second kappa shape index (κ2) is 13.2. The highest BCUT2D eigenvalue weighted by atomic mass is 19.1. The average Bonchev–Trinajstić information content (AvgIpc) is 3.46. The number of aromatic amines is 1. The van der Waals surface area contributed by atoms with Crippen molar-refractivity contribution in [1.29, 1.82) is 0 Å². The van der Waals surface area contributed by atoms with Gasteiger partial charge in [-0.2, -0.15) is 4.39 Å². The van der Waals surface area contributed by atoms with E-state index in [4.69, 9.17) is 0 Å². The minimum absolute atomic E-state index is 0.282. The van der Waals surface area contributed by atoms with Crippen LogP contribution in [0.15, 0.2) is 52.3 Å². The Morgan fingerprint density at radius 1 is 0.952 bits per heavy atom. The van der Waals surface area contributed by atoms with Gasteiger partial charge in [-0.3, -0.25) is 23.6 Å². The molecule has 5 rings (SSSR count). The largest absolute Gasteiger partial charge is 0.349 e. The highest BCUT2D eigenvalue weighted by molar-refractivity contribution is 6.05. The molecule has 1 aliphatic rings. The van der Waals surface area contributed by atoms with E-state index in [-0.39, 0.29) is 22.7 Å². The van der Waals surface area contributed by atoms with Crippen LogP contribution in [0, 0.1) is 5.95 Å². The lowest BCUT2D eigenvalue weighted by Gasteiger charge is -2.29. The number of halogens is 1. The first kappa shape index (κ1) is 29.4. The quantitative estimate of drug-likeness (QED) is 0.265. The van der Waals surface area contributed by atoms with Crippen LogP contribution in [0.5, 0.6) is 0 Å². The number of hydrogen-bond donors (Lipinski definition) is 1. The third-order valence-electron chi connectivity index (χ3n) is 7.83. The van der Waals surface area contributed by atoms with Gasteiger partial charge < -0.3 is 9.88 Å². The number of carbonyl (C=O) groups excluding carboxylic acids is 1. The van der Waals surface area contributed by atoms with Gasteiger partial charge in [-0.15, -0.1) is 0 Å². The number of aryl methyl sites for hydroxylation is 1. The standard InChI is InChI=1S/C31H38FN7O3/c1-3-5-16-39-30(41)28-25(37(13-4-2)31(39)42)19-24(35-28)22-10-12-27(34-20-22)38(18-17-36-14-7-6-8-15-36)29(40)23-9-11-26(32)33-21-23/h9-12,19-21,35H,3-8,13-18H2,1-2H3. The van der Waals surface area contributed by atoms with Crippen LogP contribution >= 0.6 is 0 Å². The Hall–Kier alpha value is -4.12. The molecule has 5 heterocycles. The number of nitrogens with zero attached hydrogens (tertiary/aromatic N) is 6. The number of unbranched alkanes of at least 4 members (excludes halogenated alkanes) is 1. The van der Waals surface area contributed by atoms with Gasteiger partial charge in [-0.25, -0.2) is 14.8 Å². The second-order valence-corrected chi connectivity index (χ2v) is 10.8. The number of aromatic nitrogens is 5. The number of likely N-dealkylation sites (tertiary alicyclic amines) is 1. The average molecular weight is 576 g/mol. The maximum absolute atomic E-state index is 13.5. The Morgan fingerprint density at radius 2 is 1.76 bits per heavy atom. The van der Waals surface area contributed by atoms with Crippen molar-refractivity contribution in [3.63, 3.8) is 0 Å². The lowest BCUT2D eigenvalue weighted by atomic mass is 10.1. The number of carbonyl (C=O) groups is 1. The van der Waals surface area contributed by atoms with Gasteiger partial charge in [0.05, 0.1) is 11.1 Å². The fourth-order valence-corrected chi connectivity index (χ4v) is 5.51. The molecule has 10 nitrogen and oxygen atoms in total. The summed E-state index contributed by atoms with van der Waals surface area (Å²) in [4.78, 5) is 55.4. The fraction of sp³-hybridized carbons (Fsp3) is 0.452. The number of pyridine rings is 2. The van der Waals surface area contributed by atoms with E-state index in [1.165, 1.54) is 29.3 Å². The minimum Gasteiger partial charge on any atom is -0.349 e. The summed E-state index contributed by atoms with van der Waals surface area (Å²) in [5, 5.41) is 0. The maximum atomic E-state index is 13.5. The van der Waals surface area contributed by atoms with Crippen molar-refractivity contribution in [2.45, 2.75) is 65.5 Å². The Bertz CT molecular complexity index is 1630. The van der Waals surface area contributed by atoms with E-state index in [0.29, 0.717) is 48.7 Å². The summed E-state index contributed by atoms with van der Waals surface area (Å²) in [6.45, 7) is 8.02. The third kappa shape index (κ3) is 6.20. The Labute approximate surface area is 243 Å². The lowest BCUT2D eigenvalue weighted by molar-refractivity contribution is 0.0981. The van der Waals surface area contributed by atoms with Crippen molar-refractivity contribution in [2.75, 3.05) is 31.1 Å². The predicted molar refractivity (Wildman–Crippen MR) is 161 cm³/mol. The van der Waals surface area contributed by atoms with Gasteiger partial charge in [0, 0.05) is 49.8 Å². The van der Waals surface area contributed by atoms with Gasteiger partial charge in [-0.05, 0) is 69.1 Å². The molecule has 0 radical (unpaired) electrons. The number of nitrogens with one attached hydrogen (secondary N) is 1. The molecule has 0 bridgehead atoms. The normalized spacial score (nSPS) is 14.0. The molecule has 11 heteroatoms. The zero-order valence-corrected chi connectivity index (χ0v) is 24.3. The smallest absolute Gasteiger partial charge is 0.331 e. The molecular formula is C31H38FN7O3. The van der Waals surface area contributed by atoms with Crippen LogP contribution in [0.25, 0.3) is 22.3 Å². The van der Waals surface area contributed by atoms with Crippen molar-refractivity contribution < 1.29 is 9.18 Å². The number of piperidine rings is 1. The van der Waals surface area contributed by atoms with Gasteiger partial charge in [0.1, 0.15) is 11.3 Å². The highest BCUT2D eigenvalue weighted by Crippen LogP contribution is 2.24. The van der Waals surface area contributed by atoms with Gasteiger partial charge in [0.25, 0.3) is 11.5 Å². The molecule has 0 aliphatic carbocycles. The molecule has 1 saturated heterocycles. The predicted octanol–water partition coefficient (Wildman–Crippen LogP) is 4.43. The van der Waals surface area contributed by atoms with Gasteiger partial charge >= 0.3 is 5.69 Å². The van der Waals surface area contributed by atoms with Crippen molar-refractivity contribution in [1.82, 2.24) is 29.0 Å². The molecule has 0 spiro atoms. The Balaban J connectivity index is 1.47. The molecule has 0 unspecified atom stereocenters. The molecule has 42 heavy (non-hydrogen) atoms. The number of hydrogen-bond acceptors (Lipinski definition) is 6. The first-order valence-electron chi connectivity index (χ1n) is 14.9. The summed E-state index contributed by atoms with van der Waals surface area (Å²) >= 11 is 0. The van der Waals surface area contributed by atoms with E-state index in [0.717, 1.165) is 50.8 Å². The van der Waals surface area contributed by atoms with Crippen LogP contribution in [0.4, 0.5) is 10.2 Å². The summed E-state index contributed by atoms with van der Waals surface area (Å²) in [6.07, 6.45) is 8.77. The van der Waals surface area contributed by atoms with E-state index < -0.39 is 5.95 Å². The fourth-order valence-electron chi connectivity index (χ4n) is 5.51. The number of H-pyrrole nitrogens is 1. The number of amides is 1. The zero-order chi connectivity index (χ0) is 29.6. The van der Waals surface area contributed by atoms with Gasteiger partial charge in [0.15, 0.2) is 0 Å². The Morgan fingerprint density at radius 3 is 2.43 bits per heavy atom. The number of fused-ring (bicyclic) bond motifs is 1. The van der Waals surface area contributed by atoms with E-state index in [9.17, 15) is 18.8 Å². The second-order valence-electron chi connectivity index (χ2n) is 10.8. The van der Waals surface area contributed by atoms with E-state index >= 15 is 0 Å². The van der Waals surface area contributed by atoms with E-state index in [1.54, 1.807) is 21.7 Å². The van der Waals surface area contributed by atoms with Crippen molar-refractivity contribution in [3.05, 3.63) is 75.1 Å². The summed E-state index contributed by atoms with van der Waals surface area (Å²) < 4.78 is 16.4. The van der Waals surface area contributed by atoms with Crippen molar-refractivity contribution in [3.8, 4) is 11.3 Å². The molecule has 4 aromatic heterocycles. The van der Waals surface area contributed by atoms with Crippen LogP contribution in [-0.2, 0) is 13.1 Å². The molecule has 1 fully saturated rings. The van der Waals surface area contributed by atoms with Crippen LogP contribution in [0.3, 0.4) is 0 Å². The molecule has 0 atom stereocenters. The van der Waals surface area contributed by atoms with Crippen LogP contribution in [0.2, 0.25) is 0 Å². The lowest BCUT2D eigenvalue weighted by Crippen LogP contribution is -2.41. The Kier molecular flexibility index (Phi) is 9.26. The van der Waals surface area contributed by atoms with Crippen LogP contribution in [0.1, 0.15) is 62.7 Å². The van der Waals surface area contributed by atoms with Crippen LogP contribution in [-0.4, -0.2) is 61.1 Å². The monoisotopic (exact) mass is 575 g/mol. The topological polar surface area (TPSA) is 109 Å². The molecule has 0 aromatic carbocycles. The minimum atomic E-state index is -0.645. The third-order valence-corrected chi connectivity index (χ3v) is 7.83. The summed E-state index contributed by atoms with van der Waals surface area (Å²) in [6, 6.07) is 8.04. The SMILES string of the molecule is CCCCn1c(=O)c2[nH]c(-c3ccc(N(CCN4CCCCC4)C(=O)c4ccc(F)nc4)nc3)cc2n(CCC)c1=O. The summed E-state index contributed by atoms with van der Waals surface area (Å²) in [5.74, 6) is -0.485. The molecule has 1 aliphatic heterocycles. The molecular weight excluding hydrogens is 537 g/mol. The maximum Gasteiger partial charge on any atom is 0.331 e. The zero-order valence-electron chi connectivity index (χ0n) is 24.3. The molecule has 4 aromatic rings. The van der Waals surface area contributed by atoms with Crippen molar-refractivity contribution in [2.24, 2.45) is 0 Å². The van der Waals surface area contributed by atoms with E-state index in [2.05, 4.69) is 19.9 Å². The van der Waals surface area contributed by atoms with Gasteiger partial charge in [0.2, 0.25) is 5.95 Å². The van der Waals surface area contributed by atoms with Crippen molar-refractivity contribution >= 4 is 22.8 Å². The molecule has 1 N–H and O–H groups in total. The summed E-state index contributed by atoms with van der Waals surface area (Å²) in [5.41, 5.74) is 2.00. The molecule has 1 amide bonds. The molecule has 0 saturated carbocycles. The van der Waals surface area contributed by atoms with Gasteiger partial charge in [-0.1, -0.05) is 26.7 Å². The van der Waals surface area contributed by atoms with E-state index in [1.807, 2.05) is 26.0 Å². The number of rotatable bonds is 11. The highest BCUT2D eigenvalue weighted by Gasteiger charge is 2.22.